The van der Waals surface area contributed by atoms with E-state index in [0.29, 0.717) is 22.4 Å². The normalized spacial score (nSPS) is 10.2. The number of aryl methyl sites for hydroxylation is 1. The number of hydrogen-bond donors (Lipinski definition) is 2. The zero-order chi connectivity index (χ0) is 13.7. The van der Waals surface area contributed by atoms with E-state index < -0.39 is 0 Å². The molecule has 0 saturated heterocycles. The monoisotopic (exact) mass is 278 g/mol. The van der Waals surface area contributed by atoms with E-state index in [1.54, 1.807) is 31.2 Å². The Labute approximate surface area is 114 Å². The number of carbonyl (C=O) groups is 1. The summed E-state index contributed by atoms with van der Waals surface area (Å²) in [6, 6.07) is 7.08. The first kappa shape index (κ1) is 13.3. The first-order valence-corrected chi connectivity index (χ1v) is 6.49. The Morgan fingerprint density at radius 1 is 1.53 bits per heavy atom. The molecule has 6 nitrogen and oxygen atoms in total. The number of anilines is 2. The van der Waals surface area contributed by atoms with Crippen LogP contribution in [-0.4, -0.2) is 21.9 Å². The smallest absolute Gasteiger partial charge is 0.229 e. The van der Waals surface area contributed by atoms with Gasteiger partial charge in [0.15, 0.2) is 0 Å². The molecule has 19 heavy (non-hydrogen) atoms. The number of benzene rings is 1. The van der Waals surface area contributed by atoms with Gasteiger partial charge in [-0.1, -0.05) is 6.07 Å². The first-order chi connectivity index (χ1) is 9.13. The van der Waals surface area contributed by atoms with E-state index in [0.717, 1.165) is 11.5 Å². The summed E-state index contributed by atoms with van der Waals surface area (Å²) < 4.78 is 9.40. The van der Waals surface area contributed by atoms with E-state index in [1.165, 1.54) is 0 Å². The zero-order valence-electron chi connectivity index (χ0n) is 10.4. The average molecular weight is 278 g/mol. The minimum Gasteiger partial charge on any atom is -0.493 e. The molecule has 0 aliphatic carbocycles. The summed E-state index contributed by atoms with van der Waals surface area (Å²) in [5.41, 5.74) is 6.25. The van der Waals surface area contributed by atoms with Crippen molar-refractivity contribution in [3.8, 4) is 5.75 Å². The van der Waals surface area contributed by atoms with Gasteiger partial charge in [-0.2, -0.15) is 4.37 Å². The maximum Gasteiger partial charge on any atom is 0.229 e. The molecular formula is C12H14N4O2S. The lowest BCUT2D eigenvalue weighted by atomic mass is 10.3. The molecule has 2 aromatic rings. The van der Waals surface area contributed by atoms with Crippen molar-refractivity contribution < 1.29 is 9.53 Å². The summed E-state index contributed by atoms with van der Waals surface area (Å²) in [5, 5.41) is 3.17. The Bertz CT molecular complexity index is 570. The van der Waals surface area contributed by atoms with E-state index in [9.17, 15) is 4.79 Å². The Morgan fingerprint density at radius 2 is 2.37 bits per heavy atom. The van der Waals surface area contributed by atoms with E-state index in [1.807, 2.05) is 0 Å². The molecule has 0 saturated carbocycles. The van der Waals surface area contributed by atoms with Crippen LogP contribution in [-0.2, 0) is 4.79 Å². The summed E-state index contributed by atoms with van der Waals surface area (Å²) in [7, 11) is 0. The fourth-order valence-electron chi connectivity index (χ4n) is 1.40. The van der Waals surface area contributed by atoms with E-state index in [-0.39, 0.29) is 18.9 Å². The van der Waals surface area contributed by atoms with Gasteiger partial charge in [-0.05, 0) is 19.1 Å². The number of carbonyl (C=O) groups excluding carboxylic acids is 1. The topological polar surface area (TPSA) is 90.1 Å². The van der Waals surface area contributed by atoms with Gasteiger partial charge in [0.05, 0.1) is 13.0 Å². The molecule has 0 bridgehead atoms. The van der Waals surface area contributed by atoms with Crippen LogP contribution in [0.2, 0.25) is 0 Å². The van der Waals surface area contributed by atoms with Gasteiger partial charge in [0.2, 0.25) is 11.0 Å². The van der Waals surface area contributed by atoms with Crippen molar-refractivity contribution in [2.75, 3.05) is 17.7 Å². The van der Waals surface area contributed by atoms with E-state index in [4.69, 9.17) is 10.5 Å². The molecule has 1 amide bonds. The molecule has 0 aliphatic heterocycles. The van der Waals surface area contributed by atoms with Crippen LogP contribution in [0.4, 0.5) is 10.8 Å². The number of aromatic nitrogens is 2. The van der Waals surface area contributed by atoms with Crippen molar-refractivity contribution in [1.29, 1.82) is 0 Å². The van der Waals surface area contributed by atoms with Crippen molar-refractivity contribution >= 4 is 28.3 Å². The van der Waals surface area contributed by atoms with Crippen LogP contribution in [0, 0.1) is 6.92 Å². The van der Waals surface area contributed by atoms with Crippen LogP contribution < -0.4 is 15.8 Å². The van der Waals surface area contributed by atoms with Gasteiger partial charge in [0.25, 0.3) is 0 Å². The molecule has 7 heteroatoms. The third-order valence-electron chi connectivity index (χ3n) is 2.23. The summed E-state index contributed by atoms with van der Waals surface area (Å²) in [4.78, 5) is 15.6. The molecule has 3 N–H and O–H groups in total. The molecule has 0 radical (unpaired) electrons. The van der Waals surface area contributed by atoms with Crippen LogP contribution >= 0.6 is 11.5 Å². The van der Waals surface area contributed by atoms with Crippen molar-refractivity contribution in [3.05, 3.63) is 30.1 Å². The van der Waals surface area contributed by atoms with Gasteiger partial charge in [0.1, 0.15) is 11.6 Å². The maximum atomic E-state index is 11.6. The SMILES string of the molecule is Cc1nsc(NC(=O)CCOc2cccc(N)c2)n1. The van der Waals surface area contributed by atoms with Gasteiger partial charge < -0.3 is 15.8 Å². The third kappa shape index (κ3) is 4.22. The lowest BCUT2D eigenvalue weighted by molar-refractivity contribution is -0.116. The number of amides is 1. The van der Waals surface area contributed by atoms with Gasteiger partial charge in [-0.25, -0.2) is 4.98 Å². The zero-order valence-corrected chi connectivity index (χ0v) is 11.2. The highest BCUT2D eigenvalue weighted by Crippen LogP contribution is 2.15. The average Bonchev–Trinajstić information content (AvgIpc) is 2.75. The third-order valence-corrected chi connectivity index (χ3v) is 2.95. The highest BCUT2D eigenvalue weighted by atomic mass is 32.1. The molecule has 0 unspecified atom stereocenters. The van der Waals surface area contributed by atoms with Crippen LogP contribution in [0.1, 0.15) is 12.2 Å². The molecule has 100 valence electrons. The largest absolute Gasteiger partial charge is 0.493 e. The van der Waals surface area contributed by atoms with Crippen LogP contribution in [0.5, 0.6) is 5.75 Å². The molecule has 0 fully saturated rings. The quantitative estimate of drug-likeness (QED) is 0.814. The summed E-state index contributed by atoms with van der Waals surface area (Å²) >= 11 is 1.16. The fraction of sp³-hybridized carbons (Fsp3) is 0.250. The van der Waals surface area contributed by atoms with Crippen LogP contribution in [0.3, 0.4) is 0 Å². The number of nitrogen functional groups attached to an aromatic ring is 1. The molecule has 1 heterocycles. The number of nitrogens with zero attached hydrogens (tertiary/aromatic N) is 2. The van der Waals surface area contributed by atoms with E-state index in [2.05, 4.69) is 14.7 Å². The van der Waals surface area contributed by atoms with Gasteiger partial charge in [0, 0.05) is 23.3 Å². The predicted octanol–water partition coefficient (Wildman–Crippen LogP) is 1.84. The Hall–Kier alpha value is -2.15. The summed E-state index contributed by atoms with van der Waals surface area (Å²) in [5.74, 6) is 1.15. The number of nitrogens with one attached hydrogen (secondary N) is 1. The maximum absolute atomic E-state index is 11.6. The van der Waals surface area contributed by atoms with Crippen molar-refractivity contribution in [2.24, 2.45) is 0 Å². The van der Waals surface area contributed by atoms with Crippen molar-refractivity contribution in [3.63, 3.8) is 0 Å². The Balaban J connectivity index is 1.75. The van der Waals surface area contributed by atoms with Crippen molar-refractivity contribution in [1.82, 2.24) is 9.36 Å². The second-order valence-corrected chi connectivity index (χ2v) is 4.62. The second-order valence-electron chi connectivity index (χ2n) is 3.87. The lowest BCUT2D eigenvalue weighted by Gasteiger charge is -2.06. The van der Waals surface area contributed by atoms with Gasteiger partial charge >= 0.3 is 0 Å². The molecule has 0 atom stereocenters. The molecule has 2 rings (SSSR count). The second kappa shape index (κ2) is 6.14. The standard InChI is InChI=1S/C12H14N4O2S/c1-8-14-12(19-16-8)15-11(17)5-6-18-10-4-2-3-9(13)7-10/h2-4,7H,5-6,13H2,1H3,(H,14,15,16,17). The highest BCUT2D eigenvalue weighted by molar-refractivity contribution is 7.09. The Morgan fingerprint density at radius 3 is 3.05 bits per heavy atom. The lowest BCUT2D eigenvalue weighted by Crippen LogP contribution is -2.15. The predicted molar refractivity (Wildman–Crippen MR) is 74.2 cm³/mol. The summed E-state index contributed by atoms with van der Waals surface area (Å²) in [6.07, 6.45) is 0.243. The highest BCUT2D eigenvalue weighted by Gasteiger charge is 2.06. The molecule has 0 spiro atoms. The minimum atomic E-state index is -0.153. The van der Waals surface area contributed by atoms with Crippen molar-refractivity contribution in [2.45, 2.75) is 13.3 Å². The van der Waals surface area contributed by atoms with Gasteiger partial charge in [-0.3, -0.25) is 4.79 Å². The minimum absolute atomic E-state index is 0.153. The van der Waals surface area contributed by atoms with Crippen LogP contribution in [0.25, 0.3) is 0 Å². The molecule has 0 aliphatic rings. The first-order valence-electron chi connectivity index (χ1n) is 5.72. The number of hydrogen-bond acceptors (Lipinski definition) is 6. The molecular weight excluding hydrogens is 264 g/mol. The Kier molecular flexibility index (Phi) is 4.30. The van der Waals surface area contributed by atoms with Crippen LogP contribution in [0.15, 0.2) is 24.3 Å². The number of rotatable bonds is 5. The number of ether oxygens (including phenoxy) is 1. The van der Waals surface area contributed by atoms with Gasteiger partial charge in [-0.15, -0.1) is 0 Å². The van der Waals surface area contributed by atoms with E-state index >= 15 is 0 Å². The summed E-state index contributed by atoms with van der Waals surface area (Å²) in [6.45, 7) is 2.06. The fourth-order valence-corrected chi connectivity index (χ4v) is 1.99. The number of nitrogens with two attached hydrogens (primary N) is 1. The molecule has 1 aromatic heterocycles. The molecule has 1 aromatic carbocycles.